The number of phenolic OH excluding ortho intramolecular Hbond substituents is 1. The minimum Gasteiger partial charge on any atom is -0.505 e. The van der Waals surface area contributed by atoms with Gasteiger partial charge >= 0.3 is 0 Å². The highest BCUT2D eigenvalue weighted by atomic mass is 35.5. The number of hydrogen-bond donors (Lipinski definition) is 1. The Morgan fingerprint density at radius 2 is 2.06 bits per heavy atom. The van der Waals surface area contributed by atoms with E-state index in [1.807, 2.05) is 6.92 Å². The van der Waals surface area contributed by atoms with E-state index in [2.05, 4.69) is 5.16 Å². The molecule has 1 aromatic carbocycles. The molecule has 1 heterocycles. The Hall–Kier alpha value is -1.45. The van der Waals surface area contributed by atoms with Gasteiger partial charge in [-0.25, -0.2) is 0 Å². The number of nitrogens with zero attached hydrogens (tertiary/aromatic N) is 1. The van der Waals surface area contributed by atoms with Crippen LogP contribution in [0, 0.1) is 6.92 Å². The van der Waals surface area contributed by atoms with Crippen molar-refractivity contribution in [1.29, 1.82) is 0 Å². The average Bonchev–Trinajstić information content (AvgIpc) is 2.71. The molecule has 5 heteroatoms. The molecular weight excluding hydrogens is 261 g/mol. The van der Waals surface area contributed by atoms with Crippen molar-refractivity contribution >= 4 is 35.4 Å². The van der Waals surface area contributed by atoms with Gasteiger partial charge in [-0.3, -0.25) is 0 Å². The summed E-state index contributed by atoms with van der Waals surface area (Å²) in [5, 5.41) is 13.7. The van der Waals surface area contributed by atoms with Gasteiger partial charge in [0.1, 0.15) is 0 Å². The number of halogens is 2. The molecule has 0 saturated carbocycles. The van der Waals surface area contributed by atoms with Gasteiger partial charge in [0.05, 0.1) is 15.7 Å². The first-order valence-corrected chi connectivity index (χ1v) is 5.62. The molecule has 0 aliphatic rings. The van der Waals surface area contributed by atoms with E-state index in [-0.39, 0.29) is 15.8 Å². The highest BCUT2D eigenvalue weighted by Crippen LogP contribution is 2.34. The van der Waals surface area contributed by atoms with E-state index in [0.29, 0.717) is 11.3 Å². The molecule has 3 nitrogen and oxygen atoms in total. The quantitative estimate of drug-likeness (QED) is 0.890. The van der Waals surface area contributed by atoms with Crippen molar-refractivity contribution in [3.05, 3.63) is 45.3 Å². The first-order valence-electron chi connectivity index (χ1n) is 4.86. The molecule has 0 fully saturated rings. The number of aromatic hydroxyl groups is 1. The van der Waals surface area contributed by atoms with E-state index in [0.717, 1.165) is 5.69 Å². The van der Waals surface area contributed by atoms with Crippen molar-refractivity contribution in [2.24, 2.45) is 0 Å². The molecule has 0 unspecified atom stereocenters. The molecule has 1 N–H and O–H groups in total. The Kier molecular flexibility index (Phi) is 3.41. The summed E-state index contributed by atoms with van der Waals surface area (Å²) in [6.45, 7) is 1.84. The molecular formula is C12H9Cl2NO2. The van der Waals surface area contributed by atoms with Crippen LogP contribution in [0.2, 0.25) is 10.0 Å². The number of aromatic nitrogens is 1. The molecule has 0 bridgehead atoms. The number of hydrogen-bond acceptors (Lipinski definition) is 3. The number of aryl methyl sites for hydroxylation is 1. The fourth-order valence-electron chi connectivity index (χ4n) is 1.32. The van der Waals surface area contributed by atoms with E-state index in [9.17, 15) is 5.11 Å². The lowest BCUT2D eigenvalue weighted by atomic mass is 10.2. The van der Waals surface area contributed by atoms with Crippen LogP contribution in [0.15, 0.2) is 22.7 Å². The third kappa shape index (κ3) is 2.62. The van der Waals surface area contributed by atoms with Crippen LogP contribution in [0.3, 0.4) is 0 Å². The van der Waals surface area contributed by atoms with Gasteiger partial charge < -0.3 is 9.63 Å². The standard InChI is InChI=1S/C12H9Cl2NO2/c1-7-6-9(17-15-7)4-2-8-3-5-10(13)12(16)11(8)14/h2-6,16H,1H3/b4-2+. The average molecular weight is 270 g/mol. The van der Waals surface area contributed by atoms with Crippen molar-refractivity contribution in [1.82, 2.24) is 5.16 Å². The summed E-state index contributed by atoms with van der Waals surface area (Å²) in [6, 6.07) is 5.08. The summed E-state index contributed by atoms with van der Waals surface area (Å²) < 4.78 is 5.01. The van der Waals surface area contributed by atoms with Crippen LogP contribution >= 0.6 is 23.2 Å². The van der Waals surface area contributed by atoms with Gasteiger partial charge in [-0.05, 0) is 30.7 Å². The van der Waals surface area contributed by atoms with Crippen molar-refractivity contribution in [3.8, 4) is 5.75 Å². The normalized spacial score (nSPS) is 11.2. The van der Waals surface area contributed by atoms with Gasteiger partial charge in [0.2, 0.25) is 0 Å². The number of rotatable bonds is 2. The molecule has 0 spiro atoms. The topological polar surface area (TPSA) is 46.3 Å². The predicted octanol–water partition coefficient (Wildman–Crippen LogP) is 4.17. The lowest BCUT2D eigenvalue weighted by Crippen LogP contribution is -1.77. The summed E-state index contributed by atoms with van der Waals surface area (Å²) in [5.41, 5.74) is 1.46. The van der Waals surface area contributed by atoms with Crippen molar-refractivity contribution < 1.29 is 9.63 Å². The van der Waals surface area contributed by atoms with Gasteiger partial charge in [-0.15, -0.1) is 0 Å². The van der Waals surface area contributed by atoms with Crippen LogP contribution in [0.1, 0.15) is 17.0 Å². The summed E-state index contributed by atoms with van der Waals surface area (Å²) in [6.07, 6.45) is 3.44. The molecule has 17 heavy (non-hydrogen) atoms. The fourth-order valence-corrected chi connectivity index (χ4v) is 1.75. The summed E-state index contributed by atoms with van der Waals surface area (Å²) >= 11 is 11.7. The smallest absolute Gasteiger partial charge is 0.159 e. The zero-order chi connectivity index (χ0) is 12.4. The maximum absolute atomic E-state index is 9.55. The third-order valence-corrected chi connectivity index (χ3v) is 2.87. The zero-order valence-electron chi connectivity index (χ0n) is 8.95. The SMILES string of the molecule is Cc1cc(/C=C/c2ccc(Cl)c(O)c2Cl)on1. The molecule has 2 aromatic rings. The van der Waals surface area contributed by atoms with Crippen LogP contribution in [0.5, 0.6) is 5.75 Å². The van der Waals surface area contributed by atoms with Crippen LogP contribution in [0.4, 0.5) is 0 Å². The third-order valence-electron chi connectivity index (χ3n) is 2.17. The van der Waals surface area contributed by atoms with Gasteiger partial charge in [0, 0.05) is 6.07 Å². The molecule has 0 atom stereocenters. The lowest BCUT2D eigenvalue weighted by Gasteiger charge is -2.02. The van der Waals surface area contributed by atoms with E-state index in [1.165, 1.54) is 0 Å². The molecule has 2 rings (SSSR count). The Morgan fingerprint density at radius 1 is 1.29 bits per heavy atom. The minimum absolute atomic E-state index is 0.121. The summed E-state index contributed by atoms with van der Waals surface area (Å²) in [5.74, 6) is 0.497. The maximum atomic E-state index is 9.55. The highest BCUT2D eigenvalue weighted by Gasteiger charge is 2.07. The first-order chi connectivity index (χ1) is 8.08. The molecule has 0 aliphatic heterocycles. The van der Waals surface area contributed by atoms with E-state index >= 15 is 0 Å². The Balaban J connectivity index is 2.30. The van der Waals surface area contributed by atoms with Crippen LogP contribution in [-0.2, 0) is 0 Å². The van der Waals surface area contributed by atoms with Crippen LogP contribution < -0.4 is 0 Å². The molecule has 0 radical (unpaired) electrons. The monoisotopic (exact) mass is 269 g/mol. The van der Waals surface area contributed by atoms with Crippen LogP contribution in [-0.4, -0.2) is 10.3 Å². The molecule has 88 valence electrons. The molecule has 0 amide bonds. The second kappa shape index (κ2) is 4.82. The summed E-state index contributed by atoms with van der Waals surface area (Å²) in [4.78, 5) is 0. The van der Waals surface area contributed by atoms with Crippen molar-refractivity contribution in [3.63, 3.8) is 0 Å². The molecule has 0 saturated heterocycles. The van der Waals surface area contributed by atoms with E-state index in [1.54, 1.807) is 30.4 Å². The van der Waals surface area contributed by atoms with E-state index in [4.69, 9.17) is 27.7 Å². The van der Waals surface area contributed by atoms with Gasteiger partial charge in [-0.1, -0.05) is 34.4 Å². The Morgan fingerprint density at radius 3 is 2.71 bits per heavy atom. The van der Waals surface area contributed by atoms with Gasteiger partial charge in [0.25, 0.3) is 0 Å². The molecule has 1 aromatic heterocycles. The Bertz CT molecular complexity index is 576. The van der Waals surface area contributed by atoms with Crippen LogP contribution in [0.25, 0.3) is 12.2 Å². The van der Waals surface area contributed by atoms with Gasteiger partial charge in [-0.2, -0.15) is 0 Å². The maximum Gasteiger partial charge on any atom is 0.159 e. The fraction of sp³-hybridized carbons (Fsp3) is 0.0833. The zero-order valence-corrected chi connectivity index (χ0v) is 10.5. The second-order valence-corrected chi connectivity index (χ2v) is 4.29. The lowest BCUT2D eigenvalue weighted by molar-refractivity contribution is 0.408. The minimum atomic E-state index is -0.121. The Labute approximate surface area is 108 Å². The first kappa shape index (κ1) is 12.0. The van der Waals surface area contributed by atoms with E-state index < -0.39 is 0 Å². The van der Waals surface area contributed by atoms with Crippen molar-refractivity contribution in [2.45, 2.75) is 6.92 Å². The van der Waals surface area contributed by atoms with Crippen molar-refractivity contribution in [2.75, 3.05) is 0 Å². The number of phenols is 1. The predicted molar refractivity (Wildman–Crippen MR) is 68.3 cm³/mol. The van der Waals surface area contributed by atoms with Gasteiger partial charge in [0.15, 0.2) is 11.5 Å². The second-order valence-electron chi connectivity index (χ2n) is 3.50. The highest BCUT2D eigenvalue weighted by molar-refractivity contribution is 6.38. The number of benzene rings is 1. The molecule has 0 aliphatic carbocycles. The summed E-state index contributed by atoms with van der Waals surface area (Å²) in [7, 11) is 0. The largest absolute Gasteiger partial charge is 0.505 e.